The highest BCUT2D eigenvalue weighted by molar-refractivity contribution is 6.09. The Bertz CT molecular complexity index is 1300. The second kappa shape index (κ2) is 11.8. The Hall–Kier alpha value is -4.40. The lowest BCUT2D eigenvalue weighted by Crippen LogP contribution is -2.46. The van der Waals surface area contributed by atoms with Crippen molar-refractivity contribution in [3.05, 3.63) is 107 Å². The minimum Gasteiger partial charge on any atom is -0.459 e. The van der Waals surface area contributed by atoms with Gasteiger partial charge in [-0.3, -0.25) is 14.4 Å². The standard InChI is InChI=1S/C29H26F2N2O5/c30-18-29(31)15-24(28(37)38-17-20-7-3-1-4-8-20)33(19-29)25(34)16-32-27(36)23-13-11-22(12-14-23)26(35)21-9-5-2-6-10-21/h1-14,24H,15-19H2,(H,32,36)/t24-,29-/m0/s1. The number of hydrogen-bond acceptors (Lipinski definition) is 5. The quantitative estimate of drug-likeness (QED) is 0.343. The van der Waals surface area contributed by atoms with Gasteiger partial charge in [-0.25, -0.2) is 13.6 Å². The number of carbonyl (C=O) groups is 4. The first-order valence-electron chi connectivity index (χ1n) is 12.0. The fourth-order valence-electron chi connectivity index (χ4n) is 4.22. The summed E-state index contributed by atoms with van der Waals surface area (Å²) < 4.78 is 33.5. The largest absolute Gasteiger partial charge is 0.459 e. The number of ketones is 1. The minimum absolute atomic E-state index is 0.0768. The summed E-state index contributed by atoms with van der Waals surface area (Å²) in [7, 11) is 0. The van der Waals surface area contributed by atoms with Gasteiger partial charge in [0.25, 0.3) is 5.91 Å². The van der Waals surface area contributed by atoms with Gasteiger partial charge in [0.2, 0.25) is 5.91 Å². The molecule has 3 aromatic rings. The average Bonchev–Trinajstić information content (AvgIpc) is 3.33. The van der Waals surface area contributed by atoms with E-state index in [0.717, 1.165) is 4.90 Å². The first-order valence-corrected chi connectivity index (χ1v) is 12.0. The van der Waals surface area contributed by atoms with Crippen LogP contribution in [0.5, 0.6) is 0 Å². The first-order chi connectivity index (χ1) is 18.3. The molecule has 38 heavy (non-hydrogen) atoms. The number of amides is 2. The van der Waals surface area contributed by atoms with E-state index in [2.05, 4.69) is 5.32 Å². The van der Waals surface area contributed by atoms with Crippen molar-refractivity contribution in [2.45, 2.75) is 24.7 Å². The van der Waals surface area contributed by atoms with E-state index in [-0.39, 0.29) is 18.0 Å². The molecule has 2 amide bonds. The number of ether oxygens (including phenoxy) is 1. The third-order valence-corrected chi connectivity index (χ3v) is 6.29. The highest BCUT2D eigenvalue weighted by Gasteiger charge is 2.50. The summed E-state index contributed by atoms with van der Waals surface area (Å²) >= 11 is 0. The molecule has 3 aromatic carbocycles. The fraction of sp³-hybridized carbons (Fsp3) is 0.241. The van der Waals surface area contributed by atoms with E-state index in [1.54, 1.807) is 60.7 Å². The van der Waals surface area contributed by atoms with Gasteiger partial charge in [-0.15, -0.1) is 0 Å². The maximum Gasteiger partial charge on any atom is 0.329 e. The van der Waals surface area contributed by atoms with Gasteiger partial charge in [0, 0.05) is 23.1 Å². The van der Waals surface area contributed by atoms with Gasteiger partial charge < -0.3 is 15.0 Å². The second-order valence-electron chi connectivity index (χ2n) is 9.07. The van der Waals surface area contributed by atoms with Crippen molar-refractivity contribution in [2.24, 2.45) is 0 Å². The van der Waals surface area contributed by atoms with Crippen LogP contribution in [0.15, 0.2) is 84.9 Å². The number of nitrogens with zero attached hydrogens (tertiary/aromatic N) is 1. The summed E-state index contributed by atoms with van der Waals surface area (Å²) in [5.74, 6) is -2.39. The Morgan fingerprint density at radius 1 is 0.868 bits per heavy atom. The Balaban J connectivity index is 1.36. The summed E-state index contributed by atoms with van der Waals surface area (Å²) in [6.45, 7) is -2.60. The summed E-state index contributed by atoms with van der Waals surface area (Å²) in [6, 6.07) is 22.1. The van der Waals surface area contributed by atoms with E-state index >= 15 is 0 Å². The summed E-state index contributed by atoms with van der Waals surface area (Å²) in [5, 5.41) is 2.44. The van der Waals surface area contributed by atoms with Crippen LogP contribution in [-0.2, 0) is 20.9 Å². The third-order valence-electron chi connectivity index (χ3n) is 6.29. The monoisotopic (exact) mass is 520 g/mol. The predicted octanol–water partition coefficient (Wildman–Crippen LogP) is 3.67. The van der Waals surface area contributed by atoms with Crippen LogP contribution >= 0.6 is 0 Å². The number of nitrogens with one attached hydrogen (secondary N) is 1. The molecular weight excluding hydrogens is 494 g/mol. The molecule has 4 rings (SSSR count). The van der Waals surface area contributed by atoms with Gasteiger partial charge in [0.05, 0.1) is 13.1 Å². The van der Waals surface area contributed by atoms with E-state index in [0.29, 0.717) is 16.7 Å². The number of alkyl halides is 2. The van der Waals surface area contributed by atoms with Gasteiger partial charge in [-0.2, -0.15) is 0 Å². The zero-order valence-electron chi connectivity index (χ0n) is 20.4. The van der Waals surface area contributed by atoms with Crippen molar-refractivity contribution in [3.63, 3.8) is 0 Å². The van der Waals surface area contributed by atoms with E-state index in [1.807, 2.05) is 0 Å². The zero-order valence-corrected chi connectivity index (χ0v) is 20.4. The molecule has 1 heterocycles. The molecule has 0 radical (unpaired) electrons. The number of rotatable bonds is 9. The predicted molar refractivity (Wildman–Crippen MR) is 135 cm³/mol. The number of carbonyl (C=O) groups excluding carboxylic acids is 4. The maximum atomic E-state index is 14.8. The highest BCUT2D eigenvalue weighted by atomic mass is 19.2. The van der Waals surface area contributed by atoms with Crippen molar-refractivity contribution in [2.75, 3.05) is 19.8 Å². The third kappa shape index (κ3) is 6.29. The molecule has 1 fully saturated rings. The molecule has 196 valence electrons. The van der Waals surface area contributed by atoms with Crippen LogP contribution in [0.25, 0.3) is 0 Å². The van der Waals surface area contributed by atoms with Crippen LogP contribution < -0.4 is 5.32 Å². The lowest BCUT2D eigenvalue weighted by Gasteiger charge is -2.23. The SMILES string of the molecule is O=C(NCC(=O)N1C[C@@](F)(CF)C[C@H]1C(=O)OCc1ccccc1)c1ccc(C(=O)c2ccccc2)cc1. The summed E-state index contributed by atoms with van der Waals surface area (Å²) in [4.78, 5) is 51.5. The number of esters is 1. The van der Waals surface area contributed by atoms with E-state index in [4.69, 9.17) is 4.74 Å². The van der Waals surface area contributed by atoms with Gasteiger partial charge in [-0.05, 0) is 17.7 Å². The fourth-order valence-corrected chi connectivity index (χ4v) is 4.22. The Labute approximate surface area is 218 Å². The molecule has 0 aliphatic carbocycles. The Morgan fingerprint density at radius 2 is 1.45 bits per heavy atom. The Kier molecular flexibility index (Phi) is 8.25. The smallest absolute Gasteiger partial charge is 0.329 e. The molecule has 2 atom stereocenters. The topological polar surface area (TPSA) is 92.8 Å². The van der Waals surface area contributed by atoms with Gasteiger partial charge >= 0.3 is 5.97 Å². The van der Waals surface area contributed by atoms with Crippen LogP contribution in [0, 0.1) is 0 Å². The molecule has 1 aliphatic rings. The van der Waals surface area contributed by atoms with Gasteiger partial charge in [0.15, 0.2) is 11.5 Å². The van der Waals surface area contributed by atoms with Crippen molar-refractivity contribution in [3.8, 4) is 0 Å². The molecule has 0 saturated carbocycles. The van der Waals surface area contributed by atoms with Crippen molar-refractivity contribution in [1.82, 2.24) is 10.2 Å². The minimum atomic E-state index is -2.38. The zero-order chi connectivity index (χ0) is 27.1. The lowest BCUT2D eigenvalue weighted by atomic mass is 10.0. The highest BCUT2D eigenvalue weighted by Crippen LogP contribution is 2.32. The van der Waals surface area contributed by atoms with Gasteiger partial charge in [0.1, 0.15) is 19.3 Å². The molecular formula is C29H26F2N2O5. The van der Waals surface area contributed by atoms with Gasteiger partial charge in [-0.1, -0.05) is 72.8 Å². The van der Waals surface area contributed by atoms with Crippen molar-refractivity contribution >= 4 is 23.6 Å². The molecule has 0 spiro atoms. The molecule has 9 heteroatoms. The first kappa shape index (κ1) is 26.7. The normalized spacial score (nSPS) is 18.6. The molecule has 1 aliphatic heterocycles. The van der Waals surface area contributed by atoms with Crippen molar-refractivity contribution < 1.29 is 32.7 Å². The van der Waals surface area contributed by atoms with Crippen LogP contribution in [-0.4, -0.2) is 59.9 Å². The van der Waals surface area contributed by atoms with Crippen LogP contribution in [0.3, 0.4) is 0 Å². The molecule has 0 aromatic heterocycles. The van der Waals surface area contributed by atoms with Crippen molar-refractivity contribution in [1.29, 1.82) is 0 Å². The Morgan fingerprint density at radius 3 is 2.08 bits per heavy atom. The van der Waals surface area contributed by atoms with Crippen LogP contribution in [0.4, 0.5) is 8.78 Å². The number of likely N-dealkylation sites (tertiary alicyclic amines) is 1. The average molecular weight is 521 g/mol. The second-order valence-corrected chi connectivity index (χ2v) is 9.07. The molecule has 1 saturated heterocycles. The van der Waals surface area contributed by atoms with E-state index < -0.39 is 55.7 Å². The number of hydrogen-bond donors (Lipinski definition) is 1. The summed E-state index contributed by atoms with van der Waals surface area (Å²) in [6.07, 6.45) is -0.534. The molecule has 1 N–H and O–H groups in total. The van der Waals surface area contributed by atoms with Crippen LogP contribution in [0.1, 0.15) is 38.3 Å². The van der Waals surface area contributed by atoms with E-state index in [9.17, 15) is 28.0 Å². The molecule has 0 unspecified atom stereocenters. The summed E-state index contributed by atoms with van der Waals surface area (Å²) in [5.41, 5.74) is -0.570. The van der Waals surface area contributed by atoms with E-state index in [1.165, 1.54) is 24.3 Å². The van der Waals surface area contributed by atoms with Crippen LogP contribution in [0.2, 0.25) is 0 Å². The molecule has 7 nitrogen and oxygen atoms in total. The maximum absolute atomic E-state index is 14.8. The lowest BCUT2D eigenvalue weighted by molar-refractivity contribution is -0.154. The number of halogens is 2. The number of benzene rings is 3. The molecule has 0 bridgehead atoms.